The monoisotopic (exact) mass is 244 g/mol. The van der Waals surface area contributed by atoms with Crippen molar-refractivity contribution in [1.82, 2.24) is 10.3 Å². The Morgan fingerprint density at radius 3 is 2.67 bits per heavy atom. The number of para-hydroxylation sites is 1. The van der Waals surface area contributed by atoms with Gasteiger partial charge in [-0.2, -0.15) is 0 Å². The number of benzene rings is 1. The summed E-state index contributed by atoms with van der Waals surface area (Å²) in [6.07, 6.45) is 3.59. The molecule has 0 radical (unpaired) electrons. The molecule has 4 nitrogen and oxygen atoms in total. The smallest absolute Gasteiger partial charge is 0.161 e. The van der Waals surface area contributed by atoms with E-state index < -0.39 is 0 Å². The maximum Gasteiger partial charge on any atom is 0.161 e. The molecule has 0 spiro atoms. The van der Waals surface area contributed by atoms with Gasteiger partial charge in [0.25, 0.3) is 0 Å². The number of phenols is 2. The molecule has 0 unspecified atom stereocenters. The van der Waals surface area contributed by atoms with Crippen LogP contribution in [0, 0.1) is 6.92 Å². The van der Waals surface area contributed by atoms with Gasteiger partial charge in [-0.1, -0.05) is 12.1 Å². The minimum absolute atomic E-state index is 0.0621. The van der Waals surface area contributed by atoms with Crippen molar-refractivity contribution in [2.45, 2.75) is 20.0 Å². The molecule has 94 valence electrons. The van der Waals surface area contributed by atoms with Crippen molar-refractivity contribution in [2.75, 3.05) is 0 Å². The molecule has 18 heavy (non-hydrogen) atoms. The summed E-state index contributed by atoms with van der Waals surface area (Å²) in [6, 6.07) is 6.91. The molecule has 0 aliphatic rings. The molecule has 0 saturated carbocycles. The Morgan fingerprint density at radius 2 is 1.89 bits per heavy atom. The number of rotatable bonds is 4. The van der Waals surface area contributed by atoms with Gasteiger partial charge in [-0.05, 0) is 30.2 Å². The quantitative estimate of drug-likeness (QED) is 0.720. The summed E-state index contributed by atoms with van der Waals surface area (Å²) in [7, 11) is 0. The van der Waals surface area contributed by atoms with E-state index in [9.17, 15) is 10.2 Å². The summed E-state index contributed by atoms with van der Waals surface area (Å²) in [6.45, 7) is 3.20. The summed E-state index contributed by atoms with van der Waals surface area (Å²) in [5.41, 5.74) is 2.98. The van der Waals surface area contributed by atoms with E-state index >= 15 is 0 Å². The Bertz CT molecular complexity index is 541. The minimum Gasteiger partial charge on any atom is -0.504 e. The van der Waals surface area contributed by atoms with Gasteiger partial charge in [0.15, 0.2) is 11.5 Å². The third kappa shape index (κ3) is 2.78. The Labute approximate surface area is 106 Å². The lowest BCUT2D eigenvalue weighted by molar-refractivity contribution is 0.397. The first-order chi connectivity index (χ1) is 8.68. The number of aromatic nitrogens is 1. The molecular weight excluding hydrogens is 228 g/mol. The van der Waals surface area contributed by atoms with Crippen LogP contribution in [-0.2, 0) is 13.1 Å². The fourth-order valence-corrected chi connectivity index (χ4v) is 1.73. The molecule has 0 aliphatic heterocycles. The number of pyridine rings is 1. The van der Waals surface area contributed by atoms with Crippen LogP contribution in [0.4, 0.5) is 0 Å². The van der Waals surface area contributed by atoms with Crippen molar-refractivity contribution < 1.29 is 10.2 Å². The summed E-state index contributed by atoms with van der Waals surface area (Å²) in [5.74, 6) is -0.153. The van der Waals surface area contributed by atoms with Crippen molar-refractivity contribution in [2.24, 2.45) is 0 Å². The summed E-state index contributed by atoms with van der Waals surface area (Å²) >= 11 is 0. The van der Waals surface area contributed by atoms with Gasteiger partial charge < -0.3 is 15.5 Å². The largest absolute Gasteiger partial charge is 0.504 e. The maximum atomic E-state index is 9.65. The summed E-state index contributed by atoms with van der Waals surface area (Å²) in [4.78, 5) is 4.07. The normalized spacial score (nSPS) is 10.5. The molecule has 0 bridgehead atoms. The molecule has 0 saturated heterocycles. The lowest BCUT2D eigenvalue weighted by Crippen LogP contribution is -2.13. The van der Waals surface area contributed by atoms with Crippen LogP contribution in [0.5, 0.6) is 11.5 Å². The van der Waals surface area contributed by atoms with Crippen LogP contribution in [0.1, 0.15) is 16.7 Å². The Morgan fingerprint density at radius 1 is 1.11 bits per heavy atom. The van der Waals surface area contributed by atoms with Crippen LogP contribution in [0.25, 0.3) is 0 Å². The highest BCUT2D eigenvalue weighted by atomic mass is 16.3. The third-order valence-electron chi connectivity index (χ3n) is 2.88. The van der Waals surface area contributed by atoms with E-state index in [4.69, 9.17) is 0 Å². The number of hydrogen-bond acceptors (Lipinski definition) is 4. The van der Waals surface area contributed by atoms with Gasteiger partial charge in [0, 0.05) is 31.0 Å². The second kappa shape index (κ2) is 5.51. The van der Waals surface area contributed by atoms with E-state index in [-0.39, 0.29) is 11.5 Å². The standard InChI is InChI=1S/C14H16N2O2/c1-10-5-6-15-8-12(10)9-16-7-11-3-2-4-13(17)14(11)18/h2-6,8,16-18H,7,9H2,1H3. The Kier molecular flexibility index (Phi) is 3.79. The zero-order chi connectivity index (χ0) is 13.0. The minimum atomic E-state index is -0.0909. The van der Waals surface area contributed by atoms with Gasteiger partial charge in [-0.3, -0.25) is 4.98 Å². The molecule has 1 aromatic heterocycles. The number of nitrogens with one attached hydrogen (secondary N) is 1. The number of nitrogens with zero attached hydrogens (tertiary/aromatic N) is 1. The second-order valence-electron chi connectivity index (χ2n) is 4.19. The molecule has 3 N–H and O–H groups in total. The van der Waals surface area contributed by atoms with Gasteiger partial charge in [-0.25, -0.2) is 0 Å². The molecule has 4 heteroatoms. The van der Waals surface area contributed by atoms with E-state index in [2.05, 4.69) is 10.3 Å². The van der Waals surface area contributed by atoms with Crippen molar-refractivity contribution in [3.05, 3.63) is 53.3 Å². The van der Waals surface area contributed by atoms with E-state index in [1.807, 2.05) is 19.2 Å². The Hall–Kier alpha value is -2.07. The molecule has 1 heterocycles. The maximum absolute atomic E-state index is 9.65. The van der Waals surface area contributed by atoms with E-state index in [0.29, 0.717) is 18.7 Å². The number of phenolic OH excluding ortho intramolecular Hbond substituents is 2. The zero-order valence-corrected chi connectivity index (χ0v) is 10.2. The Balaban J connectivity index is 1.97. The fraction of sp³-hybridized carbons (Fsp3) is 0.214. The number of aryl methyl sites for hydroxylation is 1. The van der Waals surface area contributed by atoms with Gasteiger partial charge in [0.1, 0.15) is 0 Å². The van der Waals surface area contributed by atoms with Crippen molar-refractivity contribution >= 4 is 0 Å². The van der Waals surface area contributed by atoms with Gasteiger partial charge >= 0.3 is 0 Å². The first-order valence-electron chi connectivity index (χ1n) is 5.78. The van der Waals surface area contributed by atoms with Gasteiger partial charge in [0.2, 0.25) is 0 Å². The van der Waals surface area contributed by atoms with Crippen LogP contribution in [-0.4, -0.2) is 15.2 Å². The molecule has 2 rings (SSSR count). The van der Waals surface area contributed by atoms with Gasteiger partial charge in [-0.15, -0.1) is 0 Å². The average molecular weight is 244 g/mol. The third-order valence-corrected chi connectivity index (χ3v) is 2.88. The van der Waals surface area contributed by atoms with Crippen molar-refractivity contribution in [1.29, 1.82) is 0 Å². The van der Waals surface area contributed by atoms with Crippen LogP contribution in [0.15, 0.2) is 36.7 Å². The van der Waals surface area contributed by atoms with Crippen LogP contribution in [0.3, 0.4) is 0 Å². The SMILES string of the molecule is Cc1ccncc1CNCc1cccc(O)c1O. The highest BCUT2D eigenvalue weighted by Crippen LogP contribution is 2.27. The second-order valence-corrected chi connectivity index (χ2v) is 4.19. The molecule has 0 fully saturated rings. The van der Waals surface area contributed by atoms with Crippen LogP contribution >= 0.6 is 0 Å². The molecule has 0 amide bonds. The highest BCUT2D eigenvalue weighted by Gasteiger charge is 2.05. The summed E-state index contributed by atoms with van der Waals surface area (Å²) in [5, 5.41) is 22.2. The van der Waals surface area contributed by atoms with Crippen LogP contribution < -0.4 is 5.32 Å². The van der Waals surface area contributed by atoms with Gasteiger partial charge in [0.05, 0.1) is 0 Å². The topological polar surface area (TPSA) is 65.4 Å². The van der Waals surface area contributed by atoms with E-state index in [1.165, 1.54) is 11.6 Å². The molecule has 0 aliphatic carbocycles. The lowest BCUT2D eigenvalue weighted by atomic mass is 10.1. The lowest BCUT2D eigenvalue weighted by Gasteiger charge is -2.09. The van der Waals surface area contributed by atoms with Crippen molar-refractivity contribution in [3.8, 4) is 11.5 Å². The van der Waals surface area contributed by atoms with Crippen LogP contribution in [0.2, 0.25) is 0 Å². The predicted molar refractivity (Wildman–Crippen MR) is 69.3 cm³/mol. The predicted octanol–water partition coefficient (Wildman–Crippen LogP) is 2.09. The zero-order valence-electron chi connectivity index (χ0n) is 10.2. The molecule has 2 aromatic rings. The van der Waals surface area contributed by atoms with E-state index in [1.54, 1.807) is 18.3 Å². The number of hydrogen-bond donors (Lipinski definition) is 3. The highest BCUT2D eigenvalue weighted by molar-refractivity contribution is 5.44. The number of aromatic hydroxyl groups is 2. The average Bonchev–Trinajstić information content (AvgIpc) is 2.37. The molecule has 0 atom stereocenters. The first kappa shape index (κ1) is 12.4. The first-order valence-corrected chi connectivity index (χ1v) is 5.78. The van der Waals surface area contributed by atoms with Crippen molar-refractivity contribution in [3.63, 3.8) is 0 Å². The van der Waals surface area contributed by atoms with E-state index in [0.717, 1.165) is 5.56 Å². The molecule has 1 aromatic carbocycles. The molecular formula is C14H16N2O2. The fourth-order valence-electron chi connectivity index (χ4n) is 1.73. The summed E-state index contributed by atoms with van der Waals surface area (Å²) < 4.78 is 0.